The van der Waals surface area contributed by atoms with Gasteiger partial charge in [0.15, 0.2) is 5.69 Å². The van der Waals surface area contributed by atoms with Crippen LogP contribution in [0.4, 0.5) is 4.39 Å². The SMILES string of the molecule is CC(C)(C)C(NC(=O)c1nn(C[C@@H]2COCCO2)c2c(F)cccc12)C(=O)NC(CO)CO. The van der Waals surface area contributed by atoms with Gasteiger partial charge in [-0.3, -0.25) is 14.3 Å². The highest BCUT2D eigenvalue weighted by Crippen LogP contribution is 2.25. The molecule has 0 radical (unpaired) electrons. The zero-order chi connectivity index (χ0) is 24.2. The molecule has 11 heteroatoms. The lowest BCUT2D eigenvalue weighted by Gasteiger charge is -2.31. The second kappa shape index (κ2) is 10.6. The first-order valence-corrected chi connectivity index (χ1v) is 10.8. The highest BCUT2D eigenvalue weighted by Gasteiger charge is 2.35. The third kappa shape index (κ3) is 5.85. The van der Waals surface area contributed by atoms with E-state index in [1.54, 1.807) is 26.8 Å². The summed E-state index contributed by atoms with van der Waals surface area (Å²) >= 11 is 0. The molecule has 1 aliphatic rings. The fraction of sp³-hybridized carbons (Fsp3) is 0.591. The molecular formula is C22H31FN4O6. The van der Waals surface area contributed by atoms with Crippen LogP contribution in [0.5, 0.6) is 0 Å². The topological polar surface area (TPSA) is 135 Å². The maximum atomic E-state index is 14.7. The largest absolute Gasteiger partial charge is 0.394 e. The summed E-state index contributed by atoms with van der Waals surface area (Å²) in [5.74, 6) is -1.74. The number of aliphatic hydroxyl groups is 2. The van der Waals surface area contributed by atoms with Crippen LogP contribution in [-0.2, 0) is 20.8 Å². The van der Waals surface area contributed by atoms with Gasteiger partial charge in [-0.2, -0.15) is 5.10 Å². The Labute approximate surface area is 191 Å². The number of aromatic nitrogens is 2. The molecule has 0 spiro atoms. The smallest absolute Gasteiger partial charge is 0.273 e. The Balaban J connectivity index is 1.90. The molecule has 2 aromatic rings. The summed E-state index contributed by atoms with van der Waals surface area (Å²) in [6.45, 7) is 5.84. The van der Waals surface area contributed by atoms with E-state index in [0.717, 1.165) is 0 Å². The van der Waals surface area contributed by atoms with Crippen LogP contribution < -0.4 is 10.6 Å². The van der Waals surface area contributed by atoms with Crippen LogP contribution in [0.25, 0.3) is 10.9 Å². The third-order valence-electron chi connectivity index (χ3n) is 5.39. The summed E-state index contributed by atoms with van der Waals surface area (Å²) in [5.41, 5.74) is -0.565. The maximum absolute atomic E-state index is 14.7. The minimum atomic E-state index is -1.01. The van der Waals surface area contributed by atoms with Gasteiger partial charge in [-0.05, 0) is 11.5 Å². The van der Waals surface area contributed by atoms with Gasteiger partial charge in [-0.25, -0.2) is 4.39 Å². The number of aliphatic hydroxyl groups excluding tert-OH is 2. The molecule has 1 unspecified atom stereocenters. The standard InChI is InChI=1S/C22H31FN4O6/c1-22(2,3)19(21(31)24-13(10-28)11-29)25-20(30)17-15-5-4-6-16(23)18(15)27(26-17)9-14-12-32-7-8-33-14/h4-6,13-14,19,28-29H,7-12H2,1-3H3,(H,24,31)(H,25,30)/t14-,19?/m1/s1. The van der Waals surface area contributed by atoms with Gasteiger partial charge in [0, 0.05) is 5.39 Å². The molecule has 33 heavy (non-hydrogen) atoms. The number of benzene rings is 1. The van der Waals surface area contributed by atoms with E-state index in [4.69, 9.17) is 9.47 Å². The molecule has 182 valence electrons. The van der Waals surface area contributed by atoms with E-state index >= 15 is 0 Å². The second-order valence-electron chi connectivity index (χ2n) is 9.08. The van der Waals surface area contributed by atoms with E-state index in [1.165, 1.54) is 16.8 Å². The zero-order valence-corrected chi connectivity index (χ0v) is 19.0. The van der Waals surface area contributed by atoms with Gasteiger partial charge >= 0.3 is 0 Å². The Morgan fingerprint density at radius 2 is 1.97 bits per heavy atom. The maximum Gasteiger partial charge on any atom is 0.273 e. The molecule has 0 saturated carbocycles. The van der Waals surface area contributed by atoms with Crippen molar-refractivity contribution in [2.75, 3.05) is 33.0 Å². The van der Waals surface area contributed by atoms with Gasteiger partial charge in [0.05, 0.1) is 45.6 Å². The monoisotopic (exact) mass is 466 g/mol. The Bertz CT molecular complexity index is 979. The van der Waals surface area contributed by atoms with E-state index in [-0.39, 0.29) is 23.9 Å². The lowest BCUT2D eigenvalue weighted by atomic mass is 9.85. The average Bonchev–Trinajstić information content (AvgIpc) is 3.15. The van der Waals surface area contributed by atoms with Crippen LogP contribution in [0.3, 0.4) is 0 Å². The minimum absolute atomic E-state index is 0.0239. The second-order valence-corrected chi connectivity index (χ2v) is 9.08. The fourth-order valence-electron chi connectivity index (χ4n) is 3.64. The Morgan fingerprint density at radius 1 is 1.24 bits per heavy atom. The van der Waals surface area contributed by atoms with Crippen molar-refractivity contribution in [2.45, 2.75) is 45.5 Å². The summed E-state index contributed by atoms with van der Waals surface area (Å²) in [7, 11) is 0. The van der Waals surface area contributed by atoms with Crippen molar-refractivity contribution < 1.29 is 33.7 Å². The fourth-order valence-corrected chi connectivity index (χ4v) is 3.64. The predicted octanol–water partition coefficient (Wildman–Crippen LogP) is 0.205. The van der Waals surface area contributed by atoms with Gasteiger partial charge in [0.25, 0.3) is 5.91 Å². The number of fused-ring (bicyclic) bond motifs is 1. The first-order chi connectivity index (χ1) is 15.7. The molecule has 10 nitrogen and oxygen atoms in total. The molecule has 0 aliphatic carbocycles. The van der Waals surface area contributed by atoms with E-state index in [9.17, 15) is 24.2 Å². The number of carbonyl (C=O) groups is 2. The first-order valence-electron chi connectivity index (χ1n) is 10.8. The number of para-hydroxylation sites is 1. The number of amides is 2. The van der Waals surface area contributed by atoms with Crippen molar-refractivity contribution >= 4 is 22.7 Å². The van der Waals surface area contributed by atoms with Crippen molar-refractivity contribution in [3.05, 3.63) is 29.7 Å². The van der Waals surface area contributed by atoms with Crippen LogP contribution in [0, 0.1) is 11.2 Å². The molecule has 1 aromatic heterocycles. The highest BCUT2D eigenvalue weighted by molar-refractivity contribution is 6.06. The van der Waals surface area contributed by atoms with Crippen LogP contribution in [-0.4, -0.2) is 83.0 Å². The summed E-state index contributed by atoms with van der Waals surface area (Å²) in [6.07, 6.45) is -0.334. The lowest BCUT2D eigenvalue weighted by Crippen LogP contribution is -2.56. The number of halogens is 1. The van der Waals surface area contributed by atoms with Crippen molar-refractivity contribution in [2.24, 2.45) is 5.41 Å². The molecular weight excluding hydrogens is 435 g/mol. The van der Waals surface area contributed by atoms with Gasteiger partial charge in [0.2, 0.25) is 5.91 Å². The third-order valence-corrected chi connectivity index (χ3v) is 5.39. The Kier molecular flexibility index (Phi) is 8.01. The molecule has 1 aliphatic heterocycles. The van der Waals surface area contributed by atoms with Crippen LogP contribution >= 0.6 is 0 Å². The van der Waals surface area contributed by atoms with Crippen molar-refractivity contribution in [3.63, 3.8) is 0 Å². The Hall–Kier alpha value is -2.60. The van der Waals surface area contributed by atoms with E-state index in [0.29, 0.717) is 25.2 Å². The molecule has 3 rings (SSSR count). The number of ether oxygens (including phenoxy) is 2. The van der Waals surface area contributed by atoms with E-state index in [2.05, 4.69) is 15.7 Å². The van der Waals surface area contributed by atoms with Crippen LogP contribution in [0.15, 0.2) is 18.2 Å². The number of hydrogen-bond acceptors (Lipinski definition) is 7. The van der Waals surface area contributed by atoms with Gasteiger partial charge in [-0.15, -0.1) is 0 Å². The molecule has 2 heterocycles. The predicted molar refractivity (Wildman–Crippen MR) is 117 cm³/mol. The normalized spacial score (nSPS) is 17.8. The number of hydrogen-bond donors (Lipinski definition) is 4. The molecule has 1 aromatic carbocycles. The molecule has 4 N–H and O–H groups in total. The van der Waals surface area contributed by atoms with Crippen molar-refractivity contribution in [1.82, 2.24) is 20.4 Å². The summed E-state index contributed by atoms with van der Waals surface area (Å²) in [6, 6.07) is 2.51. The van der Waals surface area contributed by atoms with E-state index in [1.807, 2.05) is 0 Å². The van der Waals surface area contributed by atoms with Gasteiger partial charge in [-0.1, -0.05) is 32.9 Å². The van der Waals surface area contributed by atoms with Crippen LogP contribution in [0.1, 0.15) is 31.3 Å². The summed E-state index contributed by atoms with van der Waals surface area (Å²) in [4.78, 5) is 26.0. The molecule has 1 saturated heterocycles. The van der Waals surface area contributed by atoms with E-state index < -0.39 is 48.3 Å². The van der Waals surface area contributed by atoms with Crippen molar-refractivity contribution in [3.8, 4) is 0 Å². The molecule has 2 amide bonds. The quantitative estimate of drug-likeness (QED) is 0.437. The number of nitrogens with zero attached hydrogens (tertiary/aromatic N) is 2. The summed E-state index contributed by atoms with van der Waals surface area (Å²) < 4.78 is 27.1. The molecule has 2 atom stereocenters. The number of carbonyl (C=O) groups excluding carboxylic acids is 2. The lowest BCUT2D eigenvalue weighted by molar-refractivity contribution is -0.126. The average molecular weight is 467 g/mol. The summed E-state index contributed by atoms with van der Waals surface area (Å²) in [5, 5.41) is 28.4. The van der Waals surface area contributed by atoms with Crippen molar-refractivity contribution in [1.29, 1.82) is 0 Å². The Morgan fingerprint density at radius 3 is 2.58 bits per heavy atom. The first kappa shape index (κ1) is 25.0. The molecule has 1 fully saturated rings. The molecule has 0 bridgehead atoms. The van der Waals surface area contributed by atoms with Gasteiger partial charge < -0.3 is 30.3 Å². The minimum Gasteiger partial charge on any atom is -0.394 e. The van der Waals surface area contributed by atoms with Gasteiger partial charge in [0.1, 0.15) is 23.5 Å². The number of nitrogens with one attached hydrogen (secondary N) is 2. The highest BCUT2D eigenvalue weighted by atomic mass is 19.1. The number of rotatable bonds is 8. The van der Waals surface area contributed by atoms with Crippen LogP contribution in [0.2, 0.25) is 0 Å². The zero-order valence-electron chi connectivity index (χ0n) is 19.0.